The van der Waals surface area contributed by atoms with Gasteiger partial charge in [0.25, 0.3) is 0 Å². The lowest BCUT2D eigenvalue weighted by Gasteiger charge is -2.37. The van der Waals surface area contributed by atoms with Crippen molar-refractivity contribution in [2.24, 2.45) is 4.99 Å². The van der Waals surface area contributed by atoms with Gasteiger partial charge >= 0.3 is 5.97 Å². The molecule has 1 atom stereocenters. The van der Waals surface area contributed by atoms with Gasteiger partial charge in [0.2, 0.25) is 0 Å². The lowest BCUT2D eigenvalue weighted by atomic mass is 9.95. The number of aliphatic imine (C=N–C) groups is 1. The zero-order chi connectivity index (χ0) is 21.3. The molecule has 30 heavy (non-hydrogen) atoms. The number of benzene rings is 2. The van der Waals surface area contributed by atoms with Crippen LogP contribution in [0.1, 0.15) is 29.3 Å². The molecule has 0 spiro atoms. The van der Waals surface area contributed by atoms with Crippen molar-refractivity contribution in [1.82, 2.24) is 10.0 Å². The van der Waals surface area contributed by atoms with Crippen LogP contribution in [-0.2, 0) is 6.42 Å². The summed E-state index contributed by atoms with van der Waals surface area (Å²) in [5.41, 5.74) is 5.40. The Kier molecular flexibility index (Phi) is 5.27. The molecular formula is C25H25N3O2. The summed E-state index contributed by atoms with van der Waals surface area (Å²) < 4.78 is 0. The van der Waals surface area contributed by atoms with Crippen molar-refractivity contribution in [3.63, 3.8) is 0 Å². The normalized spacial score (nSPS) is 17.8. The SMILES string of the molecule is C=CCC1=NC2=CC(C)=CN(C)N2C1Cc1ccc(-c2ccccc2C(=O)O)cc1. The number of nitrogens with zero attached hydrogens (tertiary/aromatic N) is 3. The number of carboxylic acids is 1. The Bertz CT molecular complexity index is 1080. The monoisotopic (exact) mass is 399 g/mol. The average molecular weight is 399 g/mol. The summed E-state index contributed by atoms with van der Waals surface area (Å²) in [4.78, 5) is 16.4. The van der Waals surface area contributed by atoms with E-state index in [-0.39, 0.29) is 6.04 Å². The van der Waals surface area contributed by atoms with Crippen molar-refractivity contribution in [1.29, 1.82) is 0 Å². The van der Waals surface area contributed by atoms with Crippen LogP contribution in [0, 0.1) is 0 Å². The molecule has 0 radical (unpaired) electrons. The zero-order valence-electron chi connectivity index (χ0n) is 17.2. The Morgan fingerprint density at radius 1 is 1.20 bits per heavy atom. The summed E-state index contributed by atoms with van der Waals surface area (Å²) in [6.45, 7) is 5.97. The zero-order valence-corrected chi connectivity index (χ0v) is 17.2. The van der Waals surface area contributed by atoms with E-state index in [1.54, 1.807) is 12.1 Å². The van der Waals surface area contributed by atoms with Crippen molar-refractivity contribution in [2.45, 2.75) is 25.8 Å². The average Bonchev–Trinajstić information content (AvgIpc) is 3.06. The topological polar surface area (TPSA) is 56.1 Å². The van der Waals surface area contributed by atoms with Gasteiger partial charge in [-0.3, -0.25) is 10.0 Å². The molecule has 5 nitrogen and oxygen atoms in total. The molecule has 2 aromatic carbocycles. The van der Waals surface area contributed by atoms with Crippen molar-refractivity contribution in [3.8, 4) is 11.1 Å². The van der Waals surface area contributed by atoms with E-state index in [1.165, 1.54) is 11.1 Å². The number of hydrazine groups is 1. The van der Waals surface area contributed by atoms with Gasteiger partial charge in [-0.05, 0) is 41.3 Å². The summed E-state index contributed by atoms with van der Waals surface area (Å²) in [7, 11) is 2.04. The van der Waals surface area contributed by atoms with E-state index in [0.717, 1.165) is 35.5 Å². The highest BCUT2D eigenvalue weighted by molar-refractivity contribution is 5.96. The van der Waals surface area contributed by atoms with E-state index < -0.39 is 5.97 Å². The third-order valence-corrected chi connectivity index (χ3v) is 5.46. The number of aromatic carboxylic acids is 1. The van der Waals surface area contributed by atoms with Crippen molar-refractivity contribution < 1.29 is 9.90 Å². The molecule has 0 fully saturated rings. The highest BCUT2D eigenvalue weighted by atomic mass is 16.4. The Labute approximate surface area is 176 Å². The van der Waals surface area contributed by atoms with E-state index in [1.807, 2.05) is 37.4 Å². The first-order valence-electron chi connectivity index (χ1n) is 10.00. The maximum atomic E-state index is 11.5. The maximum absolute atomic E-state index is 11.5. The van der Waals surface area contributed by atoms with Crippen LogP contribution in [-0.4, -0.2) is 39.9 Å². The predicted octanol–water partition coefficient (Wildman–Crippen LogP) is 4.90. The van der Waals surface area contributed by atoms with Crippen LogP contribution in [0.2, 0.25) is 0 Å². The number of hydrogen-bond donors (Lipinski definition) is 1. The first kappa shape index (κ1) is 19.7. The summed E-state index contributed by atoms with van der Waals surface area (Å²) in [5.74, 6) is 0.0491. The fourth-order valence-corrected chi connectivity index (χ4v) is 4.15. The van der Waals surface area contributed by atoms with E-state index >= 15 is 0 Å². The largest absolute Gasteiger partial charge is 0.478 e. The summed E-state index contributed by atoms with van der Waals surface area (Å²) in [5, 5.41) is 13.8. The minimum atomic E-state index is -0.915. The molecular weight excluding hydrogens is 374 g/mol. The predicted molar refractivity (Wildman–Crippen MR) is 120 cm³/mol. The minimum Gasteiger partial charge on any atom is -0.478 e. The number of allylic oxidation sites excluding steroid dienone is 3. The van der Waals surface area contributed by atoms with Gasteiger partial charge in [-0.1, -0.05) is 48.5 Å². The highest BCUT2D eigenvalue weighted by Crippen LogP contribution is 2.31. The Balaban J connectivity index is 1.60. The van der Waals surface area contributed by atoms with Crippen molar-refractivity contribution >= 4 is 11.7 Å². The van der Waals surface area contributed by atoms with Gasteiger partial charge in [-0.2, -0.15) is 0 Å². The molecule has 2 aliphatic heterocycles. The second-order valence-corrected chi connectivity index (χ2v) is 7.66. The van der Waals surface area contributed by atoms with E-state index in [0.29, 0.717) is 5.56 Å². The molecule has 0 aliphatic carbocycles. The second-order valence-electron chi connectivity index (χ2n) is 7.66. The van der Waals surface area contributed by atoms with Crippen LogP contribution >= 0.6 is 0 Å². The molecule has 4 rings (SSSR count). The first-order valence-corrected chi connectivity index (χ1v) is 10.00. The molecule has 0 bridgehead atoms. The van der Waals surface area contributed by atoms with Crippen LogP contribution in [0.4, 0.5) is 0 Å². The van der Waals surface area contributed by atoms with Gasteiger partial charge in [0.05, 0.1) is 11.6 Å². The maximum Gasteiger partial charge on any atom is 0.336 e. The number of rotatable bonds is 6. The van der Waals surface area contributed by atoms with Crippen molar-refractivity contribution in [3.05, 3.63) is 96.0 Å². The van der Waals surface area contributed by atoms with E-state index in [4.69, 9.17) is 4.99 Å². The Morgan fingerprint density at radius 2 is 1.93 bits per heavy atom. The molecule has 0 amide bonds. The molecule has 1 N–H and O–H groups in total. The first-order chi connectivity index (χ1) is 14.5. The molecule has 0 aromatic heterocycles. The molecule has 0 saturated heterocycles. The van der Waals surface area contributed by atoms with Gasteiger partial charge < -0.3 is 5.11 Å². The van der Waals surface area contributed by atoms with Crippen LogP contribution < -0.4 is 0 Å². The number of carboxylic acid groups (broad SMARTS) is 1. The Hall–Kier alpha value is -3.60. The molecule has 1 unspecified atom stereocenters. The standard InChI is InChI=1S/C25H25N3O2/c1-4-7-22-23(28-24(26-22)14-17(2)16-27(28)3)15-18-10-12-19(13-11-18)20-8-5-6-9-21(20)25(29)30/h4-6,8-14,16,23H,1,7,15H2,2-3H3,(H,29,30). The smallest absolute Gasteiger partial charge is 0.336 e. The minimum absolute atomic E-state index is 0.126. The van der Waals surface area contributed by atoms with Gasteiger partial charge in [0.1, 0.15) is 5.82 Å². The van der Waals surface area contributed by atoms with Gasteiger partial charge in [-0.15, -0.1) is 6.58 Å². The summed E-state index contributed by atoms with van der Waals surface area (Å²) in [6.07, 6.45) is 7.67. The van der Waals surface area contributed by atoms with Crippen LogP contribution in [0.3, 0.4) is 0 Å². The molecule has 0 saturated carbocycles. The fourth-order valence-electron chi connectivity index (χ4n) is 4.15. The van der Waals surface area contributed by atoms with Crippen LogP contribution in [0.15, 0.2) is 89.8 Å². The third-order valence-electron chi connectivity index (χ3n) is 5.46. The number of fused-ring (bicyclic) bond motifs is 1. The molecule has 152 valence electrons. The molecule has 5 heteroatoms. The van der Waals surface area contributed by atoms with E-state index in [2.05, 4.69) is 47.9 Å². The highest BCUT2D eigenvalue weighted by Gasteiger charge is 2.35. The number of hydrogen-bond acceptors (Lipinski definition) is 4. The van der Waals surface area contributed by atoms with Gasteiger partial charge in [0.15, 0.2) is 0 Å². The number of carbonyl (C=O) groups is 1. The summed E-state index contributed by atoms with van der Waals surface area (Å²) in [6, 6.07) is 15.4. The lowest BCUT2D eigenvalue weighted by molar-refractivity contribution is 0.0697. The third kappa shape index (κ3) is 3.66. The Morgan fingerprint density at radius 3 is 2.63 bits per heavy atom. The van der Waals surface area contributed by atoms with E-state index in [9.17, 15) is 9.90 Å². The van der Waals surface area contributed by atoms with Crippen LogP contribution in [0.25, 0.3) is 11.1 Å². The van der Waals surface area contributed by atoms with Crippen molar-refractivity contribution in [2.75, 3.05) is 7.05 Å². The quantitative estimate of drug-likeness (QED) is 0.702. The van der Waals surface area contributed by atoms with Gasteiger partial charge in [0, 0.05) is 31.8 Å². The summed E-state index contributed by atoms with van der Waals surface area (Å²) >= 11 is 0. The van der Waals surface area contributed by atoms with Gasteiger partial charge in [-0.25, -0.2) is 9.79 Å². The second kappa shape index (κ2) is 8.03. The molecule has 2 aliphatic rings. The lowest BCUT2D eigenvalue weighted by Crippen LogP contribution is -2.45. The fraction of sp³-hybridized carbons (Fsp3) is 0.200. The molecule has 2 aromatic rings. The molecule has 2 heterocycles. The van der Waals surface area contributed by atoms with Crippen LogP contribution in [0.5, 0.6) is 0 Å².